The SMILES string of the molecule is CC(NCc1sccc1Br)c1ccc(F)cc1Br. The lowest BCUT2D eigenvalue weighted by Gasteiger charge is -2.15. The summed E-state index contributed by atoms with van der Waals surface area (Å²) in [5.74, 6) is -0.223. The van der Waals surface area contributed by atoms with Gasteiger partial charge in [0, 0.05) is 26.4 Å². The van der Waals surface area contributed by atoms with Crippen LogP contribution in [-0.4, -0.2) is 0 Å². The fraction of sp³-hybridized carbons (Fsp3) is 0.231. The van der Waals surface area contributed by atoms with Gasteiger partial charge in [0.1, 0.15) is 5.82 Å². The van der Waals surface area contributed by atoms with Crippen molar-refractivity contribution in [1.82, 2.24) is 5.32 Å². The molecule has 96 valence electrons. The topological polar surface area (TPSA) is 12.0 Å². The maximum absolute atomic E-state index is 13.0. The number of rotatable bonds is 4. The van der Waals surface area contributed by atoms with E-state index in [0.717, 1.165) is 21.1 Å². The summed E-state index contributed by atoms with van der Waals surface area (Å²) in [7, 11) is 0. The molecule has 0 aliphatic carbocycles. The molecule has 1 unspecified atom stereocenters. The molecule has 1 N–H and O–H groups in total. The second-order valence-electron chi connectivity index (χ2n) is 3.96. The molecule has 1 aromatic carbocycles. The summed E-state index contributed by atoms with van der Waals surface area (Å²) in [5.41, 5.74) is 1.06. The molecule has 0 aliphatic rings. The summed E-state index contributed by atoms with van der Waals surface area (Å²) >= 11 is 8.61. The van der Waals surface area contributed by atoms with Crippen molar-refractivity contribution in [3.8, 4) is 0 Å². The van der Waals surface area contributed by atoms with Gasteiger partial charge in [-0.25, -0.2) is 4.39 Å². The van der Waals surface area contributed by atoms with Gasteiger partial charge in [-0.1, -0.05) is 22.0 Å². The molecule has 0 spiro atoms. The van der Waals surface area contributed by atoms with Crippen LogP contribution in [0.1, 0.15) is 23.4 Å². The minimum absolute atomic E-state index is 0.161. The van der Waals surface area contributed by atoms with E-state index in [1.165, 1.54) is 17.0 Å². The van der Waals surface area contributed by atoms with Crippen LogP contribution in [0.15, 0.2) is 38.6 Å². The number of halogens is 3. The Bertz CT molecular complexity index is 542. The second kappa shape index (κ2) is 6.28. The van der Waals surface area contributed by atoms with Crippen molar-refractivity contribution in [1.29, 1.82) is 0 Å². The van der Waals surface area contributed by atoms with Crippen LogP contribution in [0.4, 0.5) is 4.39 Å². The molecular weight excluding hydrogens is 381 g/mol. The van der Waals surface area contributed by atoms with E-state index in [0.29, 0.717) is 0 Å². The van der Waals surface area contributed by atoms with Crippen LogP contribution in [0.25, 0.3) is 0 Å². The van der Waals surface area contributed by atoms with Crippen molar-refractivity contribution in [3.05, 3.63) is 54.8 Å². The van der Waals surface area contributed by atoms with Crippen molar-refractivity contribution in [2.24, 2.45) is 0 Å². The number of benzene rings is 1. The molecule has 0 saturated carbocycles. The molecular formula is C13H12Br2FNS. The first-order valence-electron chi connectivity index (χ1n) is 5.48. The number of thiophene rings is 1. The molecule has 2 rings (SSSR count). The minimum Gasteiger partial charge on any atom is -0.305 e. The van der Waals surface area contributed by atoms with E-state index >= 15 is 0 Å². The first kappa shape index (κ1) is 14.2. The summed E-state index contributed by atoms with van der Waals surface area (Å²) in [4.78, 5) is 1.26. The third kappa shape index (κ3) is 3.41. The van der Waals surface area contributed by atoms with E-state index in [2.05, 4.69) is 49.5 Å². The Balaban J connectivity index is 2.03. The van der Waals surface area contributed by atoms with E-state index < -0.39 is 0 Å². The molecule has 1 heterocycles. The van der Waals surface area contributed by atoms with Crippen LogP contribution in [0, 0.1) is 5.82 Å². The van der Waals surface area contributed by atoms with Crippen molar-refractivity contribution in [2.45, 2.75) is 19.5 Å². The molecule has 18 heavy (non-hydrogen) atoms. The second-order valence-corrected chi connectivity index (χ2v) is 6.67. The molecule has 0 saturated heterocycles. The molecule has 1 atom stereocenters. The molecule has 0 fully saturated rings. The Labute approximate surface area is 127 Å². The van der Waals surface area contributed by atoms with Gasteiger partial charge in [0.05, 0.1) is 0 Å². The van der Waals surface area contributed by atoms with Crippen molar-refractivity contribution >= 4 is 43.2 Å². The fourth-order valence-electron chi connectivity index (χ4n) is 1.66. The average molecular weight is 393 g/mol. The zero-order valence-electron chi connectivity index (χ0n) is 9.71. The van der Waals surface area contributed by atoms with E-state index in [-0.39, 0.29) is 11.9 Å². The monoisotopic (exact) mass is 391 g/mol. The van der Waals surface area contributed by atoms with Gasteiger partial charge in [0.25, 0.3) is 0 Å². The zero-order chi connectivity index (χ0) is 13.1. The average Bonchev–Trinajstić information content (AvgIpc) is 2.72. The predicted molar refractivity (Wildman–Crippen MR) is 81.4 cm³/mol. The lowest BCUT2D eigenvalue weighted by atomic mass is 10.1. The van der Waals surface area contributed by atoms with Gasteiger partial charge >= 0.3 is 0 Å². The van der Waals surface area contributed by atoms with Crippen molar-refractivity contribution < 1.29 is 4.39 Å². The Morgan fingerprint density at radius 3 is 2.67 bits per heavy atom. The van der Waals surface area contributed by atoms with Gasteiger partial charge in [-0.2, -0.15) is 0 Å². The van der Waals surface area contributed by atoms with Crippen LogP contribution in [0.2, 0.25) is 0 Å². The largest absolute Gasteiger partial charge is 0.305 e. The van der Waals surface area contributed by atoms with E-state index in [4.69, 9.17) is 0 Å². The number of hydrogen-bond donors (Lipinski definition) is 1. The lowest BCUT2D eigenvalue weighted by molar-refractivity contribution is 0.571. The molecule has 0 bridgehead atoms. The third-order valence-corrected chi connectivity index (χ3v) is 5.30. The third-order valence-electron chi connectivity index (χ3n) is 2.69. The molecule has 0 amide bonds. The van der Waals surface area contributed by atoms with Gasteiger partial charge in [-0.05, 0) is 52.0 Å². The highest BCUT2D eigenvalue weighted by molar-refractivity contribution is 9.10. The van der Waals surface area contributed by atoms with Crippen LogP contribution in [0.5, 0.6) is 0 Å². The summed E-state index contributed by atoms with van der Waals surface area (Å²) in [6, 6.07) is 6.99. The normalized spacial score (nSPS) is 12.7. The number of hydrogen-bond acceptors (Lipinski definition) is 2. The Morgan fingerprint density at radius 2 is 2.06 bits per heavy atom. The maximum atomic E-state index is 13.0. The summed E-state index contributed by atoms with van der Waals surface area (Å²) in [6.07, 6.45) is 0. The Hall–Kier alpha value is -0.230. The van der Waals surface area contributed by atoms with Crippen LogP contribution < -0.4 is 5.32 Å². The molecule has 2 aromatic rings. The van der Waals surface area contributed by atoms with Crippen LogP contribution >= 0.6 is 43.2 Å². The van der Waals surface area contributed by atoms with Crippen LogP contribution in [-0.2, 0) is 6.54 Å². The summed E-state index contributed by atoms with van der Waals surface area (Å²) in [6.45, 7) is 2.86. The zero-order valence-corrected chi connectivity index (χ0v) is 13.7. The van der Waals surface area contributed by atoms with Crippen molar-refractivity contribution in [3.63, 3.8) is 0 Å². The standard InChI is InChI=1S/C13H12Br2FNS/c1-8(10-3-2-9(16)6-12(10)15)17-7-13-11(14)4-5-18-13/h2-6,8,17H,7H2,1H3. The maximum Gasteiger partial charge on any atom is 0.124 e. The van der Waals surface area contributed by atoms with Gasteiger partial charge in [-0.3, -0.25) is 0 Å². The lowest BCUT2D eigenvalue weighted by Crippen LogP contribution is -2.18. The van der Waals surface area contributed by atoms with Gasteiger partial charge in [0.15, 0.2) is 0 Å². The summed E-state index contributed by atoms with van der Waals surface area (Å²) in [5, 5.41) is 5.49. The predicted octanol–water partition coefficient (Wildman–Crippen LogP) is 5.26. The summed E-state index contributed by atoms with van der Waals surface area (Å²) < 4.78 is 14.9. The quantitative estimate of drug-likeness (QED) is 0.747. The van der Waals surface area contributed by atoms with Crippen LogP contribution in [0.3, 0.4) is 0 Å². The van der Waals surface area contributed by atoms with Gasteiger partial charge < -0.3 is 5.32 Å². The highest BCUT2D eigenvalue weighted by Gasteiger charge is 2.10. The Morgan fingerprint density at radius 1 is 1.28 bits per heavy atom. The first-order chi connectivity index (χ1) is 8.58. The minimum atomic E-state index is -0.223. The Kier molecular flexibility index (Phi) is 4.95. The molecule has 5 heteroatoms. The molecule has 1 nitrogen and oxygen atoms in total. The van der Waals surface area contributed by atoms with Gasteiger partial charge in [-0.15, -0.1) is 11.3 Å². The van der Waals surface area contributed by atoms with Gasteiger partial charge in [0.2, 0.25) is 0 Å². The van der Waals surface area contributed by atoms with E-state index in [1.54, 1.807) is 17.4 Å². The molecule has 0 aliphatic heterocycles. The highest BCUT2D eigenvalue weighted by atomic mass is 79.9. The smallest absolute Gasteiger partial charge is 0.124 e. The van der Waals surface area contributed by atoms with E-state index in [9.17, 15) is 4.39 Å². The highest BCUT2D eigenvalue weighted by Crippen LogP contribution is 2.26. The van der Waals surface area contributed by atoms with E-state index in [1.807, 2.05) is 6.07 Å². The molecule has 1 aromatic heterocycles. The van der Waals surface area contributed by atoms with Crippen molar-refractivity contribution in [2.75, 3.05) is 0 Å². The fourth-order valence-corrected chi connectivity index (χ4v) is 3.80. The number of nitrogens with one attached hydrogen (secondary N) is 1. The molecule has 0 radical (unpaired) electrons. The first-order valence-corrected chi connectivity index (χ1v) is 7.94.